The van der Waals surface area contributed by atoms with Crippen molar-refractivity contribution >= 4 is 17.8 Å². The number of allylic oxidation sites excluding steroid dienone is 1. The molecule has 0 radical (unpaired) electrons. The van der Waals surface area contributed by atoms with Crippen LogP contribution < -0.4 is 5.32 Å². The van der Waals surface area contributed by atoms with Gasteiger partial charge in [-0.25, -0.2) is 0 Å². The first-order valence-electron chi connectivity index (χ1n) is 12.3. The van der Waals surface area contributed by atoms with E-state index in [-0.39, 0.29) is 46.8 Å². The standard InChI is InChI=1S/C26H39NO5/c1-15(28)27-14-18-12-23-21-7-6-19-13-20(31-16(2)29)8-10-25(19,4)22(21)9-11-26(23,5)24(18)32-17(3)30/h6,18,20-24H,7-14H2,1-5H3,(H,27,28)/t18-,20+,21-,22+,23+,24+,25+,26+/m1/s1. The fourth-order valence-electron chi connectivity index (χ4n) is 7.97. The molecule has 0 unspecified atom stereocenters. The van der Waals surface area contributed by atoms with Crippen LogP contribution >= 0.6 is 0 Å². The summed E-state index contributed by atoms with van der Waals surface area (Å²) in [6, 6.07) is 0. The van der Waals surface area contributed by atoms with Crippen LogP contribution in [0, 0.1) is 34.5 Å². The van der Waals surface area contributed by atoms with Crippen molar-refractivity contribution in [1.29, 1.82) is 0 Å². The lowest BCUT2D eigenvalue weighted by Crippen LogP contribution is -2.52. The Balaban J connectivity index is 1.58. The van der Waals surface area contributed by atoms with E-state index in [9.17, 15) is 14.4 Å². The quantitative estimate of drug-likeness (QED) is 0.519. The largest absolute Gasteiger partial charge is 0.462 e. The molecular formula is C26H39NO5. The van der Waals surface area contributed by atoms with Gasteiger partial charge in [-0.2, -0.15) is 0 Å². The molecule has 1 N–H and O–H groups in total. The summed E-state index contributed by atoms with van der Waals surface area (Å²) in [4.78, 5) is 35.0. The molecule has 3 fully saturated rings. The summed E-state index contributed by atoms with van der Waals surface area (Å²) in [7, 11) is 0. The van der Waals surface area contributed by atoms with Crippen LogP contribution in [0.1, 0.15) is 79.6 Å². The zero-order chi connectivity index (χ0) is 23.3. The number of hydrogen-bond donors (Lipinski definition) is 1. The lowest BCUT2D eigenvalue weighted by molar-refractivity contribution is -0.159. The SMILES string of the molecule is CC(=O)NC[C@H]1C[C@H]2[C@@H]3CC=C4C[C@@H](OC(C)=O)CC[C@]4(C)[C@H]3CC[C@]2(C)[C@H]1OC(C)=O. The molecule has 4 aliphatic carbocycles. The molecule has 6 heteroatoms. The van der Waals surface area contributed by atoms with Crippen LogP contribution in [-0.2, 0) is 23.9 Å². The molecular weight excluding hydrogens is 406 g/mol. The summed E-state index contributed by atoms with van der Waals surface area (Å²) in [6.45, 7) is 9.85. The molecule has 6 nitrogen and oxygen atoms in total. The second-order valence-corrected chi connectivity index (χ2v) is 11.2. The van der Waals surface area contributed by atoms with Gasteiger partial charge in [-0.3, -0.25) is 14.4 Å². The minimum absolute atomic E-state index is 0.0131. The maximum absolute atomic E-state index is 12.0. The first-order valence-corrected chi connectivity index (χ1v) is 12.3. The number of fused-ring (bicyclic) bond motifs is 5. The molecule has 1 amide bonds. The van der Waals surface area contributed by atoms with Crippen molar-refractivity contribution in [2.75, 3.05) is 6.54 Å². The lowest BCUT2D eigenvalue weighted by Gasteiger charge is -2.57. The Hall–Kier alpha value is -1.85. The monoisotopic (exact) mass is 445 g/mol. The van der Waals surface area contributed by atoms with E-state index in [1.165, 1.54) is 19.4 Å². The third kappa shape index (κ3) is 3.99. The van der Waals surface area contributed by atoms with Gasteiger partial charge in [0, 0.05) is 45.1 Å². The van der Waals surface area contributed by atoms with Gasteiger partial charge in [0.05, 0.1) is 0 Å². The zero-order valence-corrected chi connectivity index (χ0v) is 20.2. The first kappa shape index (κ1) is 23.3. The smallest absolute Gasteiger partial charge is 0.302 e. The third-order valence-electron chi connectivity index (χ3n) is 9.37. The first-order chi connectivity index (χ1) is 15.0. The van der Waals surface area contributed by atoms with Crippen LogP contribution in [0.3, 0.4) is 0 Å². The summed E-state index contributed by atoms with van der Waals surface area (Å²) < 4.78 is 11.5. The average Bonchev–Trinajstić information content (AvgIpc) is 2.98. The van der Waals surface area contributed by atoms with Gasteiger partial charge >= 0.3 is 11.9 Å². The highest BCUT2D eigenvalue weighted by molar-refractivity contribution is 5.72. The highest BCUT2D eigenvalue weighted by Crippen LogP contribution is 2.66. The van der Waals surface area contributed by atoms with E-state index in [4.69, 9.17) is 9.47 Å². The Morgan fingerprint density at radius 1 is 1.03 bits per heavy atom. The number of hydrogen-bond acceptors (Lipinski definition) is 5. The Labute approximate surface area is 191 Å². The fraction of sp³-hybridized carbons (Fsp3) is 0.808. The van der Waals surface area contributed by atoms with Crippen LogP contribution in [0.4, 0.5) is 0 Å². The Morgan fingerprint density at radius 3 is 2.41 bits per heavy atom. The Bertz CT molecular complexity index is 821. The topological polar surface area (TPSA) is 81.7 Å². The van der Waals surface area contributed by atoms with Gasteiger partial charge in [-0.1, -0.05) is 25.5 Å². The van der Waals surface area contributed by atoms with Gasteiger partial charge in [0.2, 0.25) is 5.91 Å². The Morgan fingerprint density at radius 2 is 1.75 bits per heavy atom. The normalized spacial score (nSPS) is 42.6. The van der Waals surface area contributed by atoms with Crippen molar-refractivity contribution in [3.63, 3.8) is 0 Å². The highest BCUT2D eigenvalue weighted by Gasteiger charge is 2.62. The number of nitrogens with one attached hydrogen (secondary N) is 1. The molecule has 0 spiro atoms. The lowest BCUT2D eigenvalue weighted by atomic mass is 9.48. The molecule has 0 bridgehead atoms. The molecule has 0 saturated heterocycles. The van der Waals surface area contributed by atoms with E-state index in [0.29, 0.717) is 24.3 Å². The van der Waals surface area contributed by atoms with Crippen LogP contribution in [0.5, 0.6) is 0 Å². The molecule has 4 aliphatic rings. The maximum atomic E-state index is 12.0. The van der Waals surface area contributed by atoms with E-state index in [1.807, 2.05) is 0 Å². The predicted molar refractivity (Wildman–Crippen MR) is 120 cm³/mol. The van der Waals surface area contributed by atoms with Crippen molar-refractivity contribution < 1.29 is 23.9 Å². The number of ether oxygens (including phenoxy) is 2. The molecule has 4 rings (SSSR count). The summed E-state index contributed by atoms with van der Waals surface area (Å²) in [6.07, 6.45) is 9.37. The van der Waals surface area contributed by atoms with Crippen molar-refractivity contribution in [3.8, 4) is 0 Å². The average molecular weight is 446 g/mol. The highest BCUT2D eigenvalue weighted by atomic mass is 16.5. The molecule has 0 aromatic rings. The van der Waals surface area contributed by atoms with Crippen LogP contribution in [0.2, 0.25) is 0 Å². The zero-order valence-electron chi connectivity index (χ0n) is 20.2. The van der Waals surface area contributed by atoms with E-state index >= 15 is 0 Å². The number of carbonyl (C=O) groups excluding carboxylic acids is 3. The second-order valence-electron chi connectivity index (χ2n) is 11.2. The number of rotatable bonds is 4. The number of carbonyl (C=O) groups is 3. The van der Waals surface area contributed by atoms with Gasteiger partial charge < -0.3 is 14.8 Å². The van der Waals surface area contributed by atoms with Gasteiger partial charge in [0.1, 0.15) is 12.2 Å². The van der Waals surface area contributed by atoms with Gasteiger partial charge in [-0.15, -0.1) is 0 Å². The van der Waals surface area contributed by atoms with Crippen molar-refractivity contribution in [2.24, 2.45) is 34.5 Å². The molecule has 178 valence electrons. The van der Waals surface area contributed by atoms with Crippen molar-refractivity contribution in [1.82, 2.24) is 5.32 Å². The number of esters is 2. The molecule has 32 heavy (non-hydrogen) atoms. The Kier molecular flexibility index (Phi) is 6.19. The van der Waals surface area contributed by atoms with Crippen LogP contribution in [0.15, 0.2) is 11.6 Å². The van der Waals surface area contributed by atoms with E-state index in [2.05, 4.69) is 25.2 Å². The molecule has 0 aliphatic heterocycles. The van der Waals surface area contributed by atoms with E-state index < -0.39 is 0 Å². The summed E-state index contributed by atoms with van der Waals surface area (Å²) in [5.74, 6) is 1.36. The van der Waals surface area contributed by atoms with Crippen molar-refractivity contribution in [2.45, 2.75) is 91.8 Å². The van der Waals surface area contributed by atoms with Crippen LogP contribution in [-0.4, -0.2) is 36.6 Å². The maximum Gasteiger partial charge on any atom is 0.302 e. The summed E-state index contributed by atoms with van der Waals surface area (Å²) in [5.41, 5.74) is 1.59. The molecule has 8 atom stereocenters. The van der Waals surface area contributed by atoms with Gasteiger partial charge in [0.25, 0.3) is 0 Å². The number of amides is 1. The molecule has 3 saturated carbocycles. The van der Waals surface area contributed by atoms with E-state index in [0.717, 1.165) is 44.9 Å². The molecule has 0 aromatic carbocycles. The second kappa shape index (κ2) is 8.49. The van der Waals surface area contributed by atoms with Crippen molar-refractivity contribution in [3.05, 3.63) is 11.6 Å². The van der Waals surface area contributed by atoms with Gasteiger partial charge in [-0.05, 0) is 61.7 Å². The molecule has 0 heterocycles. The minimum atomic E-state index is -0.228. The minimum Gasteiger partial charge on any atom is -0.462 e. The third-order valence-corrected chi connectivity index (χ3v) is 9.37. The predicted octanol–water partition coefficient (Wildman–Crippen LogP) is 4.17. The summed E-state index contributed by atoms with van der Waals surface area (Å²) in [5, 5.41) is 2.98. The fourth-order valence-corrected chi connectivity index (χ4v) is 7.97. The molecule has 0 aromatic heterocycles. The van der Waals surface area contributed by atoms with Gasteiger partial charge in [0.15, 0.2) is 0 Å². The van der Waals surface area contributed by atoms with E-state index in [1.54, 1.807) is 6.92 Å². The van der Waals surface area contributed by atoms with Crippen LogP contribution in [0.25, 0.3) is 0 Å². The summed E-state index contributed by atoms with van der Waals surface area (Å²) >= 11 is 0.